The fraction of sp³-hybridized carbons (Fsp3) is 0.750. The van der Waals surface area contributed by atoms with E-state index in [1.807, 2.05) is 0 Å². The first-order chi connectivity index (χ1) is 12.2. The summed E-state index contributed by atoms with van der Waals surface area (Å²) in [7, 11) is 0. The summed E-state index contributed by atoms with van der Waals surface area (Å²) in [5.41, 5.74) is 11.1. The summed E-state index contributed by atoms with van der Waals surface area (Å²) in [5, 5.41) is 0. The predicted molar refractivity (Wildman–Crippen MR) is 107 cm³/mol. The van der Waals surface area contributed by atoms with Crippen LogP contribution in [0.2, 0.25) is 0 Å². The number of hydrogen-bond donors (Lipinski definition) is 2. The first-order valence-corrected chi connectivity index (χ1v) is 10.1. The Morgan fingerprint density at radius 2 is 1.12 bits per heavy atom. The maximum atomic E-state index is 5.57. The lowest BCUT2D eigenvalue weighted by Gasteiger charge is -2.02. The van der Waals surface area contributed by atoms with Gasteiger partial charge in [0.15, 0.2) is 0 Å². The van der Waals surface area contributed by atoms with Crippen LogP contribution in [0.1, 0.15) is 96.2 Å². The molecule has 0 atom stereocenters. The lowest BCUT2D eigenvalue weighted by molar-refractivity contribution is 0.606. The van der Waals surface area contributed by atoms with Crippen molar-refractivity contribution in [3.8, 4) is 0 Å². The minimum absolute atomic E-state index is 0.218. The van der Waals surface area contributed by atoms with Gasteiger partial charge in [-0.15, -0.1) is 0 Å². The molecule has 0 bridgehead atoms. The fourth-order valence-corrected chi connectivity index (χ4v) is 2.92. The number of nitrogens with zero attached hydrogens (tertiary/aromatic N) is 3. The molecule has 0 aliphatic carbocycles. The average molecular weight is 348 g/mol. The van der Waals surface area contributed by atoms with Crippen LogP contribution in [0.15, 0.2) is 12.2 Å². The summed E-state index contributed by atoms with van der Waals surface area (Å²) in [4.78, 5) is 12.0. The Morgan fingerprint density at radius 1 is 0.640 bits per heavy atom. The van der Waals surface area contributed by atoms with Crippen molar-refractivity contribution in [2.45, 2.75) is 96.8 Å². The van der Waals surface area contributed by atoms with E-state index in [-0.39, 0.29) is 11.9 Å². The largest absolute Gasteiger partial charge is 0.368 e. The number of nitrogen functional groups attached to an aromatic ring is 2. The predicted octanol–water partition coefficient (Wildman–Crippen LogP) is 5.23. The van der Waals surface area contributed by atoms with E-state index in [9.17, 15) is 0 Å². The number of rotatable bonds is 15. The minimum atomic E-state index is 0.218. The molecule has 0 aliphatic rings. The first-order valence-electron chi connectivity index (χ1n) is 10.1. The van der Waals surface area contributed by atoms with Gasteiger partial charge in [0.1, 0.15) is 5.82 Å². The molecule has 0 amide bonds. The Bertz CT molecular complexity index is 453. The Morgan fingerprint density at radius 3 is 1.68 bits per heavy atom. The third-order valence-electron chi connectivity index (χ3n) is 4.38. The van der Waals surface area contributed by atoms with Gasteiger partial charge >= 0.3 is 0 Å². The van der Waals surface area contributed by atoms with E-state index in [4.69, 9.17) is 11.5 Å². The summed E-state index contributed by atoms with van der Waals surface area (Å²) in [5.74, 6) is 1.15. The van der Waals surface area contributed by atoms with Gasteiger partial charge < -0.3 is 11.5 Å². The van der Waals surface area contributed by atoms with Gasteiger partial charge in [-0.1, -0.05) is 70.4 Å². The van der Waals surface area contributed by atoms with Gasteiger partial charge in [0.2, 0.25) is 11.9 Å². The second-order valence-corrected chi connectivity index (χ2v) is 6.80. The maximum Gasteiger partial charge on any atom is 0.225 e. The van der Waals surface area contributed by atoms with E-state index >= 15 is 0 Å². The number of aryl methyl sites for hydroxylation is 1. The third-order valence-corrected chi connectivity index (χ3v) is 4.38. The monoisotopic (exact) mass is 347 g/mol. The van der Waals surface area contributed by atoms with E-state index in [1.54, 1.807) is 0 Å². The van der Waals surface area contributed by atoms with Crippen LogP contribution in [0.5, 0.6) is 0 Å². The Hall–Kier alpha value is -1.65. The molecule has 0 saturated carbocycles. The SMILES string of the molecule is CCCCCCCC/C=C/CCCCCCCc1nc(N)nc(N)n1. The number of nitrogens with two attached hydrogens (primary N) is 2. The lowest BCUT2D eigenvalue weighted by atomic mass is 10.1. The van der Waals surface area contributed by atoms with Crippen molar-refractivity contribution in [2.75, 3.05) is 11.5 Å². The molecule has 0 aliphatic heterocycles. The van der Waals surface area contributed by atoms with Crippen LogP contribution in [-0.2, 0) is 6.42 Å². The summed E-state index contributed by atoms with van der Waals surface area (Å²) < 4.78 is 0. The van der Waals surface area contributed by atoms with Crippen molar-refractivity contribution in [2.24, 2.45) is 0 Å². The Labute approximate surface area is 153 Å². The number of hydrogen-bond acceptors (Lipinski definition) is 5. The van der Waals surface area contributed by atoms with Crippen molar-refractivity contribution >= 4 is 11.9 Å². The van der Waals surface area contributed by atoms with Crippen LogP contribution in [0, 0.1) is 0 Å². The molecule has 0 saturated heterocycles. The summed E-state index contributed by atoms with van der Waals surface area (Å²) in [6.45, 7) is 2.27. The molecule has 0 spiro atoms. The molecule has 5 heteroatoms. The maximum absolute atomic E-state index is 5.57. The summed E-state index contributed by atoms with van der Waals surface area (Å²) >= 11 is 0. The van der Waals surface area contributed by atoms with Gasteiger partial charge in [-0.3, -0.25) is 0 Å². The molecule has 1 rings (SSSR count). The lowest BCUT2D eigenvalue weighted by Crippen LogP contribution is -2.06. The molecule has 0 radical (unpaired) electrons. The molecule has 1 heterocycles. The highest BCUT2D eigenvalue weighted by Crippen LogP contribution is 2.10. The highest BCUT2D eigenvalue weighted by molar-refractivity contribution is 5.25. The van der Waals surface area contributed by atoms with Crippen molar-refractivity contribution < 1.29 is 0 Å². The van der Waals surface area contributed by atoms with Crippen LogP contribution < -0.4 is 11.5 Å². The standard InChI is InChI=1S/C20H37N5/c1-2-3-4-5-6-7-8-9-10-11-12-13-14-15-16-17-18-23-19(21)25-20(22)24-18/h9-10H,2-8,11-17H2,1H3,(H4,21,22,23,24,25)/b10-9+. The van der Waals surface area contributed by atoms with E-state index in [2.05, 4.69) is 34.0 Å². The van der Waals surface area contributed by atoms with E-state index in [1.165, 1.54) is 77.0 Å². The van der Waals surface area contributed by atoms with E-state index < -0.39 is 0 Å². The topological polar surface area (TPSA) is 90.7 Å². The molecule has 4 N–H and O–H groups in total. The van der Waals surface area contributed by atoms with Gasteiger partial charge in [-0.2, -0.15) is 15.0 Å². The fourth-order valence-electron chi connectivity index (χ4n) is 2.92. The second-order valence-electron chi connectivity index (χ2n) is 6.80. The average Bonchev–Trinajstić information content (AvgIpc) is 2.57. The van der Waals surface area contributed by atoms with Crippen molar-refractivity contribution in [3.63, 3.8) is 0 Å². The summed E-state index contributed by atoms with van der Waals surface area (Å²) in [6, 6.07) is 0. The van der Waals surface area contributed by atoms with E-state index in [0.29, 0.717) is 5.82 Å². The van der Waals surface area contributed by atoms with Gasteiger partial charge in [0.05, 0.1) is 0 Å². The molecule has 0 aromatic carbocycles. The quantitative estimate of drug-likeness (QED) is 0.335. The van der Waals surface area contributed by atoms with Crippen LogP contribution >= 0.6 is 0 Å². The summed E-state index contributed by atoms with van der Waals surface area (Å²) in [6.07, 6.45) is 22.5. The van der Waals surface area contributed by atoms with Gasteiger partial charge in [-0.05, 0) is 32.1 Å². The molecule has 142 valence electrons. The van der Waals surface area contributed by atoms with Crippen molar-refractivity contribution in [1.82, 2.24) is 15.0 Å². The number of unbranched alkanes of at least 4 members (excludes halogenated alkanes) is 11. The molecule has 25 heavy (non-hydrogen) atoms. The Kier molecular flexibility index (Phi) is 12.6. The minimum Gasteiger partial charge on any atom is -0.368 e. The van der Waals surface area contributed by atoms with Gasteiger partial charge in [0.25, 0.3) is 0 Å². The highest BCUT2D eigenvalue weighted by Gasteiger charge is 2.01. The molecule has 1 aromatic rings. The Balaban J connectivity index is 1.87. The van der Waals surface area contributed by atoms with Gasteiger partial charge in [0, 0.05) is 6.42 Å². The smallest absolute Gasteiger partial charge is 0.225 e. The number of anilines is 2. The third kappa shape index (κ3) is 12.4. The molecular weight excluding hydrogens is 310 g/mol. The van der Waals surface area contributed by atoms with Crippen molar-refractivity contribution in [3.05, 3.63) is 18.0 Å². The zero-order valence-corrected chi connectivity index (χ0v) is 16.1. The normalized spacial score (nSPS) is 11.4. The molecular formula is C20H37N5. The van der Waals surface area contributed by atoms with Crippen molar-refractivity contribution in [1.29, 1.82) is 0 Å². The first kappa shape index (κ1) is 21.4. The van der Waals surface area contributed by atoms with E-state index in [0.717, 1.165) is 12.8 Å². The molecule has 5 nitrogen and oxygen atoms in total. The molecule has 0 fully saturated rings. The zero-order chi connectivity index (χ0) is 18.2. The number of allylic oxidation sites excluding steroid dienone is 2. The van der Waals surface area contributed by atoms with Crippen LogP contribution in [-0.4, -0.2) is 15.0 Å². The van der Waals surface area contributed by atoms with Crippen LogP contribution in [0.4, 0.5) is 11.9 Å². The highest BCUT2D eigenvalue weighted by atomic mass is 15.1. The molecule has 0 unspecified atom stereocenters. The van der Waals surface area contributed by atoms with Gasteiger partial charge in [-0.25, -0.2) is 0 Å². The molecule has 1 aromatic heterocycles. The van der Waals surface area contributed by atoms with Crippen LogP contribution in [0.3, 0.4) is 0 Å². The second kappa shape index (κ2) is 14.7. The van der Waals surface area contributed by atoms with Crippen LogP contribution in [0.25, 0.3) is 0 Å². The number of aromatic nitrogens is 3. The zero-order valence-electron chi connectivity index (χ0n) is 16.1.